The van der Waals surface area contributed by atoms with Gasteiger partial charge in [-0.3, -0.25) is 9.59 Å². The van der Waals surface area contributed by atoms with Crippen LogP contribution in [0, 0.1) is 5.92 Å². The highest BCUT2D eigenvalue weighted by molar-refractivity contribution is 6.00. The molecule has 0 aliphatic heterocycles. The lowest BCUT2D eigenvalue weighted by Gasteiger charge is -2.19. The van der Waals surface area contributed by atoms with Gasteiger partial charge in [-0.1, -0.05) is 13.8 Å². The Morgan fingerprint density at radius 2 is 1.90 bits per heavy atom. The summed E-state index contributed by atoms with van der Waals surface area (Å²) in [5, 5.41) is 2.63. The summed E-state index contributed by atoms with van der Waals surface area (Å²) in [5.74, 6) is -1.12. The van der Waals surface area contributed by atoms with Gasteiger partial charge in [0.05, 0.1) is 7.11 Å². The maximum atomic E-state index is 12.2. The van der Waals surface area contributed by atoms with Gasteiger partial charge in [-0.05, 0) is 18.9 Å². The van der Waals surface area contributed by atoms with Crippen LogP contribution in [0.2, 0.25) is 0 Å². The van der Waals surface area contributed by atoms with Crippen molar-refractivity contribution in [2.45, 2.75) is 26.8 Å². The first-order valence-electron chi connectivity index (χ1n) is 6.34. The molecule has 0 aliphatic carbocycles. The third kappa shape index (κ3) is 3.46. The van der Waals surface area contributed by atoms with Crippen LogP contribution in [0.4, 0.5) is 0 Å². The second-order valence-corrected chi connectivity index (χ2v) is 5.00. The molecule has 0 aromatic carbocycles. The zero-order valence-electron chi connectivity index (χ0n) is 12.4. The Morgan fingerprint density at radius 1 is 1.30 bits per heavy atom. The van der Waals surface area contributed by atoms with Crippen molar-refractivity contribution in [2.24, 2.45) is 13.0 Å². The summed E-state index contributed by atoms with van der Waals surface area (Å²) in [7, 11) is 2.95. The smallest absolute Gasteiger partial charge is 0.328 e. The number of ether oxygens (including phenoxy) is 1. The van der Waals surface area contributed by atoms with E-state index in [1.54, 1.807) is 17.8 Å². The maximum Gasteiger partial charge on any atom is 0.328 e. The minimum absolute atomic E-state index is 0.0982. The average Bonchev–Trinajstić information content (AvgIpc) is 2.76. The molecular weight excluding hydrogens is 260 g/mol. The van der Waals surface area contributed by atoms with E-state index in [1.807, 2.05) is 13.8 Å². The first-order chi connectivity index (χ1) is 9.27. The molecule has 110 valence electrons. The molecule has 1 atom stereocenters. The minimum Gasteiger partial charge on any atom is -0.467 e. The first kappa shape index (κ1) is 15.9. The molecule has 0 saturated carbocycles. The van der Waals surface area contributed by atoms with Gasteiger partial charge < -0.3 is 14.6 Å². The van der Waals surface area contributed by atoms with Crippen molar-refractivity contribution < 1.29 is 19.1 Å². The predicted molar refractivity (Wildman–Crippen MR) is 73.5 cm³/mol. The monoisotopic (exact) mass is 280 g/mol. The number of rotatable bonds is 5. The van der Waals surface area contributed by atoms with Crippen molar-refractivity contribution in [3.05, 3.63) is 23.5 Å². The molecular formula is C14H20N2O4. The topological polar surface area (TPSA) is 77.4 Å². The highest BCUT2D eigenvalue weighted by atomic mass is 16.5. The normalized spacial score (nSPS) is 12.1. The number of carbonyl (C=O) groups is 3. The number of carbonyl (C=O) groups excluding carboxylic acids is 3. The third-order valence-electron chi connectivity index (χ3n) is 3.05. The van der Waals surface area contributed by atoms with E-state index in [4.69, 9.17) is 0 Å². The van der Waals surface area contributed by atoms with Crippen LogP contribution in [-0.4, -0.2) is 35.4 Å². The molecule has 1 heterocycles. The Kier molecular flexibility index (Phi) is 5.07. The van der Waals surface area contributed by atoms with Crippen LogP contribution in [0.25, 0.3) is 0 Å². The molecule has 0 fully saturated rings. The number of nitrogens with one attached hydrogen (secondary N) is 1. The average molecular weight is 280 g/mol. The van der Waals surface area contributed by atoms with Gasteiger partial charge in [-0.15, -0.1) is 0 Å². The summed E-state index contributed by atoms with van der Waals surface area (Å²) in [6, 6.07) is 0.787. The fourth-order valence-electron chi connectivity index (χ4n) is 1.82. The Balaban J connectivity index is 2.95. The van der Waals surface area contributed by atoms with Crippen molar-refractivity contribution in [3.63, 3.8) is 0 Å². The summed E-state index contributed by atoms with van der Waals surface area (Å²) in [6.45, 7) is 5.06. The molecule has 1 rings (SSSR count). The molecule has 1 aromatic rings. The Bertz CT molecular complexity index is 531. The lowest BCUT2D eigenvalue weighted by atomic mass is 10.0. The zero-order chi connectivity index (χ0) is 15.4. The van der Waals surface area contributed by atoms with Crippen molar-refractivity contribution >= 4 is 17.7 Å². The number of esters is 1. The lowest BCUT2D eigenvalue weighted by molar-refractivity contribution is -0.144. The van der Waals surface area contributed by atoms with Gasteiger partial charge in [0.2, 0.25) is 0 Å². The SMILES string of the molecule is COC(=O)C(NC(=O)c1cc(C(C)=O)cn1C)C(C)C. The first-order valence-corrected chi connectivity index (χ1v) is 6.34. The highest BCUT2D eigenvalue weighted by Gasteiger charge is 2.26. The summed E-state index contributed by atoms with van der Waals surface area (Å²) in [6.07, 6.45) is 1.58. The van der Waals surface area contributed by atoms with Gasteiger partial charge in [-0.2, -0.15) is 0 Å². The standard InChI is InChI=1S/C14H20N2O4/c1-8(2)12(14(19)20-5)15-13(18)11-6-10(9(3)17)7-16(11)4/h6-8,12H,1-5H3,(H,15,18). The Morgan fingerprint density at radius 3 is 2.30 bits per heavy atom. The molecule has 6 nitrogen and oxygen atoms in total. The molecule has 0 aliphatic rings. The number of hydrogen-bond donors (Lipinski definition) is 1. The summed E-state index contributed by atoms with van der Waals surface area (Å²) in [4.78, 5) is 35.1. The van der Waals surface area contributed by atoms with Crippen molar-refractivity contribution in [1.82, 2.24) is 9.88 Å². The van der Waals surface area contributed by atoms with Gasteiger partial charge in [-0.25, -0.2) is 4.79 Å². The van der Waals surface area contributed by atoms with E-state index >= 15 is 0 Å². The van der Waals surface area contributed by atoms with Crippen LogP contribution in [0.3, 0.4) is 0 Å². The lowest BCUT2D eigenvalue weighted by Crippen LogP contribution is -2.45. The number of methoxy groups -OCH3 is 1. The molecule has 0 saturated heterocycles. The van der Waals surface area contributed by atoms with Crippen molar-refractivity contribution in [1.29, 1.82) is 0 Å². The zero-order valence-corrected chi connectivity index (χ0v) is 12.4. The molecule has 0 spiro atoms. The number of nitrogens with zero attached hydrogens (tertiary/aromatic N) is 1. The van der Waals surface area contributed by atoms with E-state index in [0.29, 0.717) is 11.3 Å². The number of aromatic nitrogens is 1. The van der Waals surface area contributed by atoms with E-state index in [2.05, 4.69) is 10.1 Å². The Labute approximate surface area is 118 Å². The van der Waals surface area contributed by atoms with Gasteiger partial charge in [0, 0.05) is 18.8 Å². The molecule has 1 amide bonds. The van der Waals surface area contributed by atoms with E-state index in [1.165, 1.54) is 20.1 Å². The summed E-state index contributed by atoms with van der Waals surface area (Å²) < 4.78 is 6.23. The second kappa shape index (κ2) is 6.36. The van der Waals surface area contributed by atoms with Crippen LogP contribution in [0.5, 0.6) is 0 Å². The van der Waals surface area contributed by atoms with Crippen LogP contribution >= 0.6 is 0 Å². The van der Waals surface area contributed by atoms with Crippen molar-refractivity contribution in [2.75, 3.05) is 7.11 Å². The predicted octanol–water partition coefficient (Wildman–Crippen LogP) is 1.16. The largest absolute Gasteiger partial charge is 0.467 e. The molecule has 1 unspecified atom stereocenters. The second-order valence-electron chi connectivity index (χ2n) is 5.00. The van der Waals surface area contributed by atoms with Crippen LogP contribution < -0.4 is 5.32 Å². The Hall–Kier alpha value is -2.11. The maximum absolute atomic E-state index is 12.2. The van der Waals surface area contributed by atoms with Crippen molar-refractivity contribution in [3.8, 4) is 0 Å². The van der Waals surface area contributed by atoms with Gasteiger partial charge in [0.1, 0.15) is 11.7 Å². The van der Waals surface area contributed by atoms with E-state index < -0.39 is 17.9 Å². The molecule has 1 N–H and O–H groups in total. The number of amides is 1. The number of Topliss-reactive ketones (excluding diaryl/α,β-unsaturated/α-hetero) is 1. The van der Waals surface area contributed by atoms with E-state index in [-0.39, 0.29) is 11.7 Å². The number of ketones is 1. The van der Waals surface area contributed by atoms with E-state index in [9.17, 15) is 14.4 Å². The van der Waals surface area contributed by atoms with E-state index in [0.717, 1.165) is 0 Å². The minimum atomic E-state index is -0.719. The van der Waals surface area contributed by atoms with Gasteiger partial charge in [0.25, 0.3) is 5.91 Å². The quantitative estimate of drug-likeness (QED) is 0.648. The number of aryl methyl sites for hydroxylation is 1. The molecule has 0 radical (unpaired) electrons. The molecule has 1 aromatic heterocycles. The molecule has 0 bridgehead atoms. The number of hydrogen-bond acceptors (Lipinski definition) is 4. The molecule has 6 heteroatoms. The summed E-state index contributed by atoms with van der Waals surface area (Å²) >= 11 is 0. The fraction of sp³-hybridized carbons (Fsp3) is 0.500. The fourth-order valence-corrected chi connectivity index (χ4v) is 1.82. The molecule has 20 heavy (non-hydrogen) atoms. The third-order valence-corrected chi connectivity index (χ3v) is 3.05. The van der Waals surface area contributed by atoms with Crippen LogP contribution in [0.15, 0.2) is 12.3 Å². The highest BCUT2D eigenvalue weighted by Crippen LogP contribution is 2.10. The van der Waals surface area contributed by atoms with Gasteiger partial charge >= 0.3 is 5.97 Å². The van der Waals surface area contributed by atoms with Crippen LogP contribution in [-0.2, 0) is 16.6 Å². The van der Waals surface area contributed by atoms with Gasteiger partial charge in [0.15, 0.2) is 5.78 Å². The summed E-state index contributed by atoms with van der Waals surface area (Å²) in [5.41, 5.74) is 0.779. The van der Waals surface area contributed by atoms with Crippen LogP contribution in [0.1, 0.15) is 41.6 Å².